The second-order valence-electron chi connectivity index (χ2n) is 7.70. The van der Waals surface area contributed by atoms with Crippen LogP contribution >= 0.6 is 0 Å². The predicted molar refractivity (Wildman–Crippen MR) is 93.2 cm³/mol. The van der Waals surface area contributed by atoms with Crippen molar-refractivity contribution in [3.05, 3.63) is 30.1 Å². The van der Waals surface area contributed by atoms with Gasteiger partial charge in [0.25, 0.3) is 0 Å². The SMILES string of the molecule is CC(C)(C)C(COc1ccccc1F)NC(=O)[C@@H]1CCC[C@@H]1CN. The minimum atomic E-state index is -0.393. The van der Waals surface area contributed by atoms with Crippen molar-refractivity contribution < 1.29 is 13.9 Å². The Bertz CT molecular complexity index is 557. The molecule has 2 rings (SSSR count). The number of nitrogens with one attached hydrogen (secondary N) is 1. The molecule has 1 aromatic rings. The summed E-state index contributed by atoms with van der Waals surface area (Å²) in [7, 11) is 0. The number of nitrogens with two attached hydrogens (primary N) is 1. The molecule has 1 aliphatic carbocycles. The number of carbonyl (C=O) groups is 1. The van der Waals surface area contributed by atoms with Crippen LogP contribution in [-0.2, 0) is 4.79 Å². The molecule has 1 amide bonds. The van der Waals surface area contributed by atoms with Crippen molar-refractivity contribution in [2.45, 2.75) is 46.1 Å². The highest BCUT2D eigenvalue weighted by molar-refractivity contribution is 5.79. The third-order valence-electron chi connectivity index (χ3n) is 4.90. The predicted octanol–water partition coefficient (Wildman–Crippen LogP) is 3.11. The number of ether oxygens (including phenoxy) is 1. The highest BCUT2D eigenvalue weighted by Gasteiger charge is 2.35. The molecule has 0 heterocycles. The molecular weight excluding hydrogens is 307 g/mol. The maximum Gasteiger partial charge on any atom is 0.223 e. The standard InChI is InChI=1S/C19H29FN2O2/c1-19(2,3)17(12-24-16-10-5-4-9-15(16)20)22-18(23)14-8-6-7-13(14)11-21/h4-5,9-10,13-14,17H,6-8,11-12,21H2,1-3H3,(H,22,23)/t13-,14-,17?/m1/s1. The summed E-state index contributed by atoms with van der Waals surface area (Å²) in [5.41, 5.74) is 5.59. The fourth-order valence-electron chi connectivity index (χ4n) is 3.19. The van der Waals surface area contributed by atoms with Gasteiger partial charge in [0.05, 0.1) is 6.04 Å². The van der Waals surface area contributed by atoms with Crippen LogP contribution in [0.2, 0.25) is 0 Å². The largest absolute Gasteiger partial charge is 0.488 e. The molecule has 1 aliphatic rings. The first-order valence-electron chi connectivity index (χ1n) is 8.70. The molecule has 3 N–H and O–H groups in total. The molecule has 5 heteroatoms. The second-order valence-corrected chi connectivity index (χ2v) is 7.70. The van der Waals surface area contributed by atoms with Crippen LogP contribution in [0.5, 0.6) is 5.75 Å². The molecular formula is C19H29FN2O2. The first kappa shape index (κ1) is 18.7. The summed E-state index contributed by atoms with van der Waals surface area (Å²) in [5, 5.41) is 3.11. The van der Waals surface area contributed by atoms with Crippen molar-refractivity contribution in [2.24, 2.45) is 23.0 Å². The number of amides is 1. The molecule has 1 saturated carbocycles. The van der Waals surface area contributed by atoms with Crippen LogP contribution in [0.15, 0.2) is 24.3 Å². The van der Waals surface area contributed by atoms with E-state index in [4.69, 9.17) is 10.5 Å². The van der Waals surface area contributed by atoms with Crippen LogP contribution in [0, 0.1) is 23.1 Å². The molecule has 0 radical (unpaired) electrons. The highest BCUT2D eigenvalue weighted by atomic mass is 19.1. The van der Waals surface area contributed by atoms with E-state index in [0.29, 0.717) is 6.54 Å². The molecule has 1 fully saturated rings. The Balaban J connectivity index is 2.01. The number of hydrogen-bond acceptors (Lipinski definition) is 3. The monoisotopic (exact) mass is 336 g/mol. The van der Waals surface area contributed by atoms with Crippen molar-refractivity contribution in [2.75, 3.05) is 13.2 Å². The number of carbonyl (C=O) groups excluding carboxylic acids is 1. The van der Waals surface area contributed by atoms with E-state index >= 15 is 0 Å². The summed E-state index contributed by atoms with van der Waals surface area (Å²) < 4.78 is 19.3. The van der Waals surface area contributed by atoms with Crippen molar-refractivity contribution in [3.63, 3.8) is 0 Å². The Labute approximate surface area is 144 Å². The molecule has 0 saturated heterocycles. The highest BCUT2D eigenvalue weighted by Crippen LogP contribution is 2.32. The van der Waals surface area contributed by atoms with E-state index in [2.05, 4.69) is 5.32 Å². The van der Waals surface area contributed by atoms with Crippen molar-refractivity contribution in [1.82, 2.24) is 5.32 Å². The molecule has 0 aliphatic heterocycles. The lowest BCUT2D eigenvalue weighted by atomic mass is 9.86. The van der Waals surface area contributed by atoms with Gasteiger partial charge in [0.1, 0.15) is 6.61 Å². The van der Waals surface area contributed by atoms with Crippen molar-refractivity contribution in [1.29, 1.82) is 0 Å². The molecule has 1 aromatic carbocycles. The lowest BCUT2D eigenvalue weighted by Crippen LogP contribution is -2.50. The van der Waals surface area contributed by atoms with Gasteiger partial charge in [-0.3, -0.25) is 4.79 Å². The lowest BCUT2D eigenvalue weighted by Gasteiger charge is -2.33. The van der Waals surface area contributed by atoms with E-state index in [-0.39, 0.29) is 41.6 Å². The zero-order chi connectivity index (χ0) is 17.7. The second kappa shape index (κ2) is 7.97. The van der Waals surface area contributed by atoms with Crippen LogP contribution in [0.3, 0.4) is 0 Å². The summed E-state index contributed by atoms with van der Waals surface area (Å²) >= 11 is 0. The molecule has 0 spiro atoms. The van der Waals surface area contributed by atoms with Gasteiger partial charge in [-0.05, 0) is 42.9 Å². The third kappa shape index (κ3) is 4.69. The Morgan fingerprint density at radius 2 is 2.08 bits per heavy atom. The van der Waals surface area contributed by atoms with E-state index in [1.54, 1.807) is 18.2 Å². The molecule has 0 aromatic heterocycles. The summed E-state index contributed by atoms with van der Waals surface area (Å²) in [4.78, 5) is 12.7. The number of rotatable bonds is 6. The molecule has 3 atom stereocenters. The normalized spacial score (nSPS) is 22.2. The first-order valence-corrected chi connectivity index (χ1v) is 8.70. The first-order chi connectivity index (χ1) is 11.3. The molecule has 4 nitrogen and oxygen atoms in total. The number of para-hydroxylation sites is 1. The van der Waals surface area contributed by atoms with E-state index in [1.165, 1.54) is 6.07 Å². The fourth-order valence-corrected chi connectivity index (χ4v) is 3.19. The number of hydrogen-bond donors (Lipinski definition) is 2. The van der Waals surface area contributed by atoms with E-state index in [9.17, 15) is 9.18 Å². The van der Waals surface area contributed by atoms with Crippen LogP contribution < -0.4 is 15.8 Å². The Morgan fingerprint density at radius 3 is 2.71 bits per heavy atom. The van der Waals surface area contributed by atoms with Crippen LogP contribution in [0.1, 0.15) is 40.0 Å². The van der Waals surface area contributed by atoms with E-state index in [1.807, 2.05) is 20.8 Å². The van der Waals surface area contributed by atoms with Gasteiger partial charge >= 0.3 is 0 Å². The van der Waals surface area contributed by atoms with Gasteiger partial charge in [-0.1, -0.05) is 39.3 Å². The minimum absolute atomic E-state index is 0.0201. The average molecular weight is 336 g/mol. The van der Waals surface area contributed by atoms with Crippen LogP contribution in [-0.4, -0.2) is 25.1 Å². The van der Waals surface area contributed by atoms with Gasteiger partial charge in [-0.15, -0.1) is 0 Å². The molecule has 134 valence electrons. The van der Waals surface area contributed by atoms with Gasteiger partial charge in [-0.25, -0.2) is 4.39 Å². The molecule has 1 unspecified atom stereocenters. The quantitative estimate of drug-likeness (QED) is 0.839. The summed E-state index contributed by atoms with van der Waals surface area (Å²) in [6, 6.07) is 6.11. The third-order valence-corrected chi connectivity index (χ3v) is 4.90. The van der Waals surface area contributed by atoms with Crippen LogP contribution in [0.4, 0.5) is 4.39 Å². The lowest BCUT2D eigenvalue weighted by molar-refractivity contribution is -0.127. The fraction of sp³-hybridized carbons (Fsp3) is 0.632. The zero-order valence-corrected chi connectivity index (χ0v) is 14.8. The Hall–Kier alpha value is -1.62. The summed E-state index contributed by atoms with van der Waals surface area (Å²) in [5.74, 6) is 0.101. The van der Waals surface area contributed by atoms with Gasteiger partial charge in [0.2, 0.25) is 5.91 Å². The maximum atomic E-state index is 13.7. The number of halogens is 1. The van der Waals surface area contributed by atoms with Gasteiger partial charge in [-0.2, -0.15) is 0 Å². The van der Waals surface area contributed by atoms with Gasteiger partial charge in [0.15, 0.2) is 11.6 Å². The molecule has 0 bridgehead atoms. The number of benzene rings is 1. The topological polar surface area (TPSA) is 64.3 Å². The Kier molecular flexibility index (Phi) is 6.21. The van der Waals surface area contributed by atoms with Gasteiger partial charge < -0.3 is 15.8 Å². The van der Waals surface area contributed by atoms with E-state index in [0.717, 1.165) is 19.3 Å². The Morgan fingerprint density at radius 1 is 1.38 bits per heavy atom. The van der Waals surface area contributed by atoms with Crippen molar-refractivity contribution in [3.8, 4) is 5.75 Å². The van der Waals surface area contributed by atoms with Crippen molar-refractivity contribution >= 4 is 5.91 Å². The van der Waals surface area contributed by atoms with Crippen LogP contribution in [0.25, 0.3) is 0 Å². The van der Waals surface area contributed by atoms with E-state index < -0.39 is 5.82 Å². The smallest absolute Gasteiger partial charge is 0.223 e. The minimum Gasteiger partial charge on any atom is -0.488 e. The maximum absolute atomic E-state index is 13.7. The average Bonchev–Trinajstić information content (AvgIpc) is 3.00. The summed E-state index contributed by atoms with van der Waals surface area (Å²) in [6.45, 7) is 6.90. The van der Waals surface area contributed by atoms with Gasteiger partial charge in [0, 0.05) is 5.92 Å². The molecule has 24 heavy (non-hydrogen) atoms. The zero-order valence-electron chi connectivity index (χ0n) is 14.8. The summed E-state index contributed by atoms with van der Waals surface area (Å²) in [6.07, 6.45) is 2.95.